The second-order valence-corrected chi connectivity index (χ2v) is 6.85. The van der Waals surface area contributed by atoms with Gasteiger partial charge < -0.3 is 14.8 Å². The molecule has 0 aromatic rings. The molecule has 2 saturated heterocycles. The van der Waals surface area contributed by atoms with Crippen molar-refractivity contribution in [2.45, 2.75) is 57.4 Å². The average Bonchev–Trinajstić information content (AvgIpc) is 2.24. The van der Waals surface area contributed by atoms with E-state index in [1.165, 1.54) is 0 Å². The maximum Gasteiger partial charge on any atom is 0.0760 e. The SMILES string of the molecule is CNC1CCOCC1N1CC(C)(C)OC(C)(C)C1. The van der Waals surface area contributed by atoms with E-state index in [9.17, 15) is 0 Å². The van der Waals surface area contributed by atoms with Crippen LogP contribution in [0, 0.1) is 0 Å². The summed E-state index contributed by atoms with van der Waals surface area (Å²) in [6, 6.07) is 0.995. The fourth-order valence-electron chi connectivity index (χ4n) is 3.50. The lowest BCUT2D eigenvalue weighted by Gasteiger charge is -2.51. The van der Waals surface area contributed by atoms with Crippen LogP contribution in [0.4, 0.5) is 0 Å². The van der Waals surface area contributed by atoms with Crippen molar-refractivity contribution in [3.63, 3.8) is 0 Å². The summed E-state index contributed by atoms with van der Waals surface area (Å²) >= 11 is 0. The number of likely N-dealkylation sites (N-methyl/N-ethyl adjacent to an activating group) is 1. The number of ether oxygens (including phenoxy) is 2. The van der Waals surface area contributed by atoms with Crippen LogP contribution in [0.5, 0.6) is 0 Å². The first kappa shape index (κ1) is 14.3. The van der Waals surface area contributed by atoms with Crippen LogP contribution in [0.1, 0.15) is 34.1 Å². The Morgan fingerprint density at radius 2 is 1.72 bits per heavy atom. The Bertz CT molecular complexity index is 276. The van der Waals surface area contributed by atoms with Crippen molar-refractivity contribution in [2.24, 2.45) is 0 Å². The number of nitrogens with one attached hydrogen (secondary N) is 1. The minimum absolute atomic E-state index is 0.0858. The van der Waals surface area contributed by atoms with Crippen LogP contribution in [0.2, 0.25) is 0 Å². The summed E-state index contributed by atoms with van der Waals surface area (Å²) < 4.78 is 11.8. The molecule has 18 heavy (non-hydrogen) atoms. The van der Waals surface area contributed by atoms with Gasteiger partial charge in [0.2, 0.25) is 0 Å². The summed E-state index contributed by atoms with van der Waals surface area (Å²) in [7, 11) is 2.06. The van der Waals surface area contributed by atoms with E-state index in [1.807, 2.05) is 0 Å². The predicted octanol–water partition coefficient (Wildman–Crippen LogP) is 1.25. The van der Waals surface area contributed by atoms with Crippen LogP contribution in [0.3, 0.4) is 0 Å². The highest BCUT2D eigenvalue weighted by atomic mass is 16.5. The molecule has 4 heteroatoms. The Balaban J connectivity index is 2.11. The Labute approximate surface area is 111 Å². The molecule has 0 aromatic carbocycles. The van der Waals surface area contributed by atoms with Gasteiger partial charge in [0.1, 0.15) is 0 Å². The molecule has 0 aliphatic carbocycles. The summed E-state index contributed by atoms with van der Waals surface area (Å²) in [5.74, 6) is 0. The highest BCUT2D eigenvalue weighted by Crippen LogP contribution is 2.30. The Morgan fingerprint density at radius 3 is 2.28 bits per heavy atom. The summed E-state index contributed by atoms with van der Waals surface area (Å²) in [4.78, 5) is 2.55. The summed E-state index contributed by atoms with van der Waals surface area (Å²) in [6.07, 6.45) is 1.10. The van der Waals surface area contributed by atoms with Crippen molar-refractivity contribution in [3.8, 4) is 0 Å². The average molecular weight is 256 g/mol. The molecule has 106 valence electrons. The molecule has 0 saturated carbocycles. The zero-order valence-electron chi connectivity index (χ0n) is 12.5. The fraction of sp³-hybridized carbons (Fsp3) is 1.00. The van der Waals surface area contributed by atoms with Crippen LogP contribution >= 0.6 is 0 Å². The molecular formula is C14H28N2O2. The quantitative estimate of drug-likeness (QED) is 0.806. The molecule has 0 bridgehead atoms. The summed E-state index contributed by atoms with van der Waals surface area (Å²) in [5, 5.41) is 3.44. The van der Waals surface area contributed by atoms with Crippen LogP contribution in [0.25, 0.3) is 0 Å². The van der Waals surface area contributed by atoms with Gasteiger partial charge in [-0.25, -0.2) is 0 Å². The lowest BCUT2D eigenvalue weighted by atomic mass is 9.94. The topological polar surface area (TPSA) is 33.7 Å². The third-order valence-electron chi connectivity index (χ3n) is 3.89. The number of nitrogens with zero attached hydrogens (tertiary/aromatic N) is 1. The fourth-order valence-corrected chi connectivity index (χ4v) is 3.50. The maximum absolute atomic E-state index is 6.15. The zero-order chi connectivity index (χ0) is 13.4. The molecule has 2 heterocycles. The molecule has 0 aromatic heterocycles. The van der Waals surface area contributed by atoms with Gasteiger partial charge >= 0.3 is 0 Å². The number of rotatable bonds is 2. The molecule has 2 fully saturated rings. The second-order valence-electron chi connectivity index (χ2n) is 6.85. The zero-order valence-corrected chi connectivity index (χ0v) is 12.5. The molecule has 4 nitrogen and oxygen atoms in total. The normalized spacial score (nSPS) is 36.5. The molecular weight excluding hydrogens is 228 g/mol. The number of hydrogen-bond acceptors (Lipinski definition) is 4. The van der Waals surface area contributed by atoms with Crippen molar-refractivity contribution >= 4 is 0 Å². The minimum atomic E-state index is -0.0858. The van der Waals surface area contributed by atoms with E-state index in [1.54, 1.807) is 0 Å². The van der Waals surface area contributed by atoms with E-state index < -0.39 is 0 Å². The number of hydrogen-bond donors (Lipinski definition) is 1. The highest BCUT2D eigenvalue weighted by Gasteiger charge is 2.42. The third-order valence-corrected chi connectivity index (χ3v) is 3.89. The molecule has 2 aliphatic heterocycles. The maximum atomic E-state index is 6.15. The summed E-state index contributed by atoms with van der Waals surface area (Å²) in [6.45, 7) is 12.4. The van der Waals surface area contributed by atoms with Gasteiger partial charge in [-0.2, -0.15) is 0 Å². The molecule has 0 radical (unpaired) electrons. The van der Waals surface area contributed by atoms with Crippen molar-refractivity contribution in [1.29, 1.82) is 0 Å². The van der Waals surface area contributed by atoms with Gasteiger partial charge in [-0.15, -0.1) is 0 Å². The van der Waals surface area contributed by atoms with Crippen molar-refractivity contribution < 1.29 is 9.47 Å². The van der Waals surface area contributed by atoms with Crippen molar-refractivity contribution in [1.82, 2.24) is 10.2 Å². The molecule has 2 unspecified atom stereocenters. The first-order valence-electron chi connectivity index (χ1n) is 7.02. The van der Waals surface area contributed by atoms with Gasteiger partial charge in [-0.3, -0.25) is 4.90 Å². The van der Waals surface area contributed by atoms with Gasteiger partial charge in [0.15, 0.2) is 0 Å². The lowest BCUT2D eigenvalue weighted by Crippen LogP contribution is -2.64. The number of morpholine rings is 1. The lowest BCUT2D eigenvalue weighted by molar-refractivity contribution is -0.195. The van der Waals surface area contributed by atoms with Gasteiger partial charge in [0, 0.05) is 31.8 Å². The van der Waals surface area contributed by atoms with Gasteiger partial charge in [0.05, 0.1) is 17.8 Å². The van der Waals surface area contributed by atoms with E-state index in [2.05, 4.69) is 45.0 Å². The Kier molecular flexibility index (Phi) is 4.02. The molecule has 0 amide bonds. The van der Waals surface area contributed by atoms with Crippen molar-refractivity contribution in [3.05, 3.63) is 0 Å². The van der Waals surface area contributed by atoms with Crippen LogP contribution in [-0.2, 0) is 9.47 Å². The Hall–Kier alpha value is -0.160. The van der Waals surface area contributed by atoms with Crippen LogP contribution in [0.15, 0.2) is 0 Å². The third kappa shape index (κ3) is 3.23. The molecule has 0 spiro atoms. The van der Waals surface area contributed by atoms with Crippen LogP contribution in [-0.4, -0.2) is 61.5 Å². The van der Waals surface area contributed by atoms with E-state index in [0.717, 1.165) is 32.7 Å². The van der Waals surface area contributed by atoms with Gasteiger partial charge in [0.25, 0.3) is 0 Å². The largest absolute Gasteiger partial charge is 0.380 e. The molecule has 2 aliphatic rings. The smallest absolute Gasteiger partial charge is 0.0760 e. The first-order valence-corrected chi connectivity index (χ1v) is 7.02. The van der Waals surface area contributed by atoms with Crippen LogP contribution < -0.4 is 5.32 Å². The van der Waals surface area contributed by atoms with E-state index in [-0.39, 0.29) is 11.2 Å². The van der Waals surface area contributed by atoms with Crippen molar-refractivity contribution in [2.75, 3.05) is 33.4 Å². The highest BCUT2D eigenvalue weighted by molar-refractivity contribution is 4.96. The molecule has 2 atom stereocenters. The Morgan fingerprint density at radius 1 is 1.11 bits per heavy atom. The predicted molar refractivity (Wildman–Crippen MR) is 72.9 cm³/mol. The summed E-state index contributed by atoms with van der Waals surface area (Å²) in [5.41, 5.74) is -0.172. The molecule has 2 rings (SSSR count). The van der Waals surface area contributed by atoms with E-state index in [4.69, 9.17) is 9.47 Å². The van der Waals surface area contributed by atoms with E-state index in [0.29, 0.717) is 12.1 Å². The monoisotopic (exact) mass is 256 g/mol. The van der Waals surface area contributed by atoms with E-state index >= 15 is 0 Å². The second kappa shape index (κ2) is 5.08. The minimum Gasteiger partial charge on any atom is -0.380 e. The standard InChI is InChI=1S/C14H28N2O2/c1-13(2)9-16(10-14(3,4)18-13)12-8-17-7-6-11(12)15-5/h11-12,15H,6-10H2,1-5H3. The first-order chi connectivity index (χ1) is 8.33. The van der Waals surface area contributed by atoms with Gasteiger partial charge in [-0.1, -0.05) is 0 Å². The molecule has 1 N–H and O–H groups in total. The van der Waals surface area contributed by atoms with Gasteiger partial charge in [-0.05, 0) is 41.2 Å².